The molecule has 3 rings (SSSR count). The molecule has 0 radical (unpaired) electrons. The second-order valence-corrected chi connectivity index (χ2v) is 6.06. The molecule has 0 fully saturated rings. The first kappa shape index (κ1) is 16.1. The summed E-state index contributed by atoms with van der Waals surface area (Å²) in [5.41, 5.74) is 1.81. The summed E-state index contributed by atoms with van der Waals surface area (Å²) in [6.45, 7) is 0. The van der Waals surface area contributed by atoms with Gasteiger partial charge in [-0.05, 0) is 36.4 Å². The van der Waals surface area contributed by atoms with Crippen LogP contribution in [0, 0.1) is 0 Å². The van der Waals surface area contributed by atoms with E-state index in [1.165, 1.54) is 18.0 Å². The zero-order chi connectivity index (χ0) is 16.9. The minimum atomic E-state index is -0.143. The van der Waals surface area contributed by atoms with Crippen LogP contribution < -0.4 is 10.2 Å². The third-order valence-electron chi connectivity index (χ3n) is 3.13. The molecule has 0 spiro atoms. The molecule has 2 aromatic heterocycles. The smallest absolute Gasteiger partial charge is 0.284 e. The summed E-state index contributed by atoms with van der Waals surface area (Å²) in [5, 5.41) is 10.9. The number of carbonyl (C=O) groups is 1. The standard InChI is InChI=1S/C16H16N4O3S/c1-20(2)12-7-5-11(6-8-12)17-14(21)10-24-16-19-18-15(23-16)13-4-3-9-22-13/h3-9H,10H2,1-2H3,(H,17,21). The van der Waals surface area contributed by atoms with Crippen LogP contribution in [0.5, 0.6) is 0 Å². The van der Waals surface area contributed by atoms with E-state index >= 15 is 0 Å². The average Bonchev–Trinajstić information content (AvgIpc) is 3.25. The van der Waals surface area contributed by atoms with Crippen molar-refractivity contribution in [2.75, 3.05) is 30.1 Å². The summed E-state index contributed by atoms with van der Waals surface area (Å²) >= 11 is 1.17. The first-order chi connectivity index (χ1) is 11.6. The molecular weight excluding hydrogens is 328 g/mol. The van der Waals surface area contributed by atoms with Crippen molar-refractivity contribution in [2.45, 2.75) is 5.22 Å². The molecule has 2 heterocycles. The van der Waals surface area contributed by atoms with Crippen LogP contribution in [0.4, 0.5) is 11.4 Å². The van der Waals surface area contributed by atoms with Crippen LogP contribution in [0.2, 0.25) is 0 Å². The van der Waals surface area contributed by atoms with Crippen LogP contribution in [0.3, 0.4) is 0 Å². The number of hydrogen-bond acceptors (Lipinski definition) is 7. The summed E-state index contributed by atoms with van der Waals surface area (Å²) in [7, 11) is 3.93. The predicted octanol–water partition coefficient (Wildman–Crippen LogP) is 3.13. The van der Waals surface area contributed by atoms with Gasteiger partial charge in [0.05, 0.1) is 12.0 Å². The first-order valence-corrected chi connectivity index (χ1v) is 8.18. The number of aromatic nitrogens is 2. The highest BCUT2D eigenvalue weighted by Crippen LogP contribution is 2.23. The fourth-order valence-corrected chi connectivity index (χ4v) is 2.50. The molecule has 0 unspecified atom stereocenters. The highest BCUT2D eigenvalue weighted by molar-refractivity contribution is 7.99. The molecule has 24 heavy (non-hydrogen) atoms. The number of carbonyl (C=O) groups excluding carboxylic acids is 1. The maximum atomic E-state index is 12.0. The molecule has 0 aliphatic heterocycles. The highest BCUT2D eigenvalue weighted by Gasteiger charge is 2.13. The highest BCUT2D eigenvalue weighted by atomic mass is 32.2. The number of anilines is 2. The Morgan fingerprint density at radius 3 is 2.67 bits per heavy atom. The average molecular weight is 344 g/mol. The predicted molar refractivity (Wildman–Crippen MR) is 92.1 cm³/mol. The molecule has 3 aromatic rings. The number of thioether (sulfide) groups is 1. The molecular formula is C16H16N4O3S. The lowest BCUT2D eigenvalue weighted by molar-refractivity contribution is -0.113. The summed E-state index contributed by atoms with van der Waals surface area (Å²) in [6, 6.07) is 11.1. The Hall–Kier alpha value is -2.74. The Bertz CT molecular complexity index is 797. The molecule has 0 atom stereocenters. The molecule has 0 bridgehead atoms. The summed E-state index contributed by atoms with van der Waals surface area (Å²) < 4.78 is 10.6. The fraction of sp³-hybridized carbons (Fsp3) is 0.188. The molecule has 0 aliphatic rings. The Balaban J connectivity index is 1.52. The van der Waals surface area contributed by atoms with Crippen molar-refractivity contribution in [2.24, 2.45) is 0 Å². The summed E-state index contributed by atoms with van der Waals surface area (Å²) in [6.07, 6.45) is 1.53. The molecule has 0 saturated carbocycles. The molecule has 8 heteroatoms. The third kappa shape index (κ3) is 3.96. The summed E-state index contributed by atoms with van der Waals surface area (Å²) in [4.78, 5) is 14.0. The van der Waals surface area contributed by atoms with Gasteiger partial charge in [-0.2, -0.15) is 0 Å². The van der Waals surface area contributed by atoms with Gasteiger partial charge in [-0.1, -0.05) is 11.8 Å². The quantitative estimate of drug-likeness (QED) is 0.688. The van der Waals surface area contributed by atoms with E-state index < -0.39 is 0 Å². The number of rotatable bonds is 6. The van der Waals surface area contributed by atoms with Gasteiger partial charge in [0.1, 0.15) is 0 Å². The lowest BCUT2D eigenvalue weighted by Crippen LogP contribution is -2.14. The minimum Gasteiger partial charge on any atom is -0.459 e. The Morgan fingerprint density at radius 2 is 2.00 bits per heavy atom. The normalized spacial score (nSPS) is 10.6. The minimum absolute atomic E-state index is 0.143. The van der Waals surface area contributed by atoms with Gasteiger partial charge in [-0.3, -0.25) is 4.79 Å². The largest absolute Gasteiger partial charge is 0.459 e. The van der Waals surface area contributed by atoms with Crippen LogP contribution in [-0.2, 0) is 4.79 Å². The van der Waals surface area contributed by atoms with Crippen molar-refractivity contribution in [1.82, 2.24) is 10.2 Å². The van der Waals surface area contributed by atoms with Gasteiger partial charge in [0.2, 0.25) is 5.91 Å². The van der Waals surface area contributed by atoms with E-state index in [2.05, 4.69) is 15.5 Å². The zero-order valence-electron chi connectivity index (χ0n) is 13.2. The Labute approximate surface area is 143 Å². The lowest BCUT2D eigenvalue weighted by atomic mass is 10.2. The Kier molecular flexibility index (Phi) is 4.85. The van der Waals surface area contributed by atoms with Crippen molar-refractivity contribution in [3.05, 3.63) is 42.7 Å². The van der Waals surface area contributed by atoms with Crippen LogP contribution in [0.15, 0.2) is 56.7 Å². The van der Waals surface area contributed by atoms with Crippen LogP contribution in [0.1, 0.15) is 0 Å². The Morgan fingerprint density at radius 1 is 1.21 bits per heavy atom. The van der Waals surface area contributed by atoms with Gasteiger partial charge in [0, 0.05) is 25.5 Å². The summed E-state index contributed by atoms with van der Waals surface area (Å²) in [5.74, 6) is 0.826. The molecule has 1 amide bonds. The van der Waals surface area contributed by atoms with E-state index in [0.717, 1.165) is 11.4 Å². The molecule has 0 saturated heterocycles. The van der Waals surface area contributed by atoms with Gasteiger partial charge in [0.15, 0.2) is 5.76 Å². The fourth-order valence-electron chi connectivity index (χ4n) is 1.94. The van der Waals surface area contributed by atoms with Crippen molar-refractivity contribution in [3.8, 4) is 11.7 Å². The third-order valence-corrected chi connectivity index (χ3v) is 3.95. The number of furan rings is 1. The van der Waals surface area contributed by atoms with Gasteiger partial charge >= 0.3 is 0 Å². The van der Waals surface area contributed by atoms with Crippen molar-refractivity contribution in [1.29, 1.82) is 0 Å². The number of nitrogens with zero attached hydrogens (tertiary/aromatic N) is 3. The van der Waals surface area contributed by atoms with E-state index in [0.29, 0.717) is 16.9 Å². The van der Waals surface area contributed by atoms with Crippen molar-refractivity contribution in [3.63, 3.8) is 0 Å². The van der Waals surface area contributed by atoms with Crippen molar-refractivity contribution < 1.29 is 13.6 Å². The van der Waals surface area contributed by atoms with E-state index in [1.807, 2.05) is 43.3 Å². The van der Waals surface area contributed by atoms with Crippen molar-refractivity contribution >= 4 is 29.0 Å². The molecule has 1 aromatic carbocycles. The van der Waals surface area contributed by atoms with Crippen LogP contribution >= 0.6 is 11.8 Å². The number of benzene rings is 1. The zero-order valence-corrected chi connectivity index (χ0v) is 14.0. The van der Waals surface area contributed by atoms with E-state index in [1.54, 1.807) is 12.1 Å². The lowest BCUT2D eigenvalue weighted by Gasteiger charge is -2.12. The molecule has 7 nitrogen and oxygen atoms in total. The van der Waals surface area contributed by atoms with E-state index in [-0.39, 0.29) is 11.7 Å². The second-order valence-electron chi connectivity index (χ2n) is 5.13. The maximum Gasteiger partial charge on any atom is 0.284 e. The van der Waals surface area contributed by atoms with Gasteiger partial charge in [0.25, 0.3) is 11.1 Å². The van der Waals surface area contributed by atoms with E-state index in [4.69, 9.17) is 8.83 Å². The SMILES string of the molecule is CN(C)c1ccc(NC(=O)CSc2nnc(-c3ccco3)o2)cc1. The first-order valence-electron chi connectivity index (χ1n) is 7.19. The van der Waals surface area contributed by atoms with Crippen LogP contribution in [0.25, 0.3) is 11.7 Å². The number of nitrogens with one attached hydrogen (secondary N) is 1. The van der Waals surface area contributed by atoms with Gasteiger partial charge < -0.3 is 19.1 Å². The second kappa shape index (κ2) is 7.22. The topological polar surface area (TPSA) is 84.4 Å². The molecule has 124 valence electrons. The monoisotopic (exact) mass is 344 g/mol. The number of amides is 1. The van der Waals surface area contributed by atoms with Crippen LogP contribution in [-0.4, -0.2) is 36.0 Å². The molecule has 0 aliphatic carbocycles. The maximum absolute atomic E-state index is 12.0. The number of hydrogen-bond donors (Lipinski definition) is 1. The van der Waals surface area contributed by atoms with Gasteiger partial charge in [-0.15, -0.1) is 10.2 Å². The molecule has 1 N–H and O–H groups in total. The van der Waals surface area contributed by atoms with E-state index in [9.17, 15) is 4.79 Å². The van der Waals surface area contributed by atoms with Gasteiger partial charge in [-0.25, -0.2) is 0 Å².